The Morgan fingerprint density at radius 1 is 1.05 bits per heavy atom. The molecule has 0 saturated heterocycles. The zero-order chi connectivity index (χ0) is 14.2. The molecule has 2 heterocycles. The number of furan rings is 1. The van der Waals surface area contributed by atoms with Crippen LogP contribution in [0.25, 0.3) is 33.3 Å². The number of aromatic nitrogens is 2. The van der Waals surface area contributed by atoms with Crippen molar-refractivity contribution in [1.29, 1.82) is 0 Å². The molecule has 0 aliphatic heterocycles. The first-order valence-corrected chi connectivity index (χ1v) is 6.62. The second-order valence-corrected chi connectivity index (χ2v) is 4.86. The van der Waals surface area contributed by atoms with Crippen LogP contribution in [0, 0.1) is 0 Å². The molecule has 4 rings (SSSR count). The van der Waals surface area contributed by atoms with Gasteiger partial charge in [0.25, 0.3) is 0 Å². The molecule has 0 atom stereocenters. The zero-order valence-electron chi connectivity index (χ0n) is 11.1. The van der Waals surface area contributed by atoms with Crippen molar-refractivity contribution in [3.8, 4) is 28.3 Å². The van der Waals surface area contributed by atoms with Crippen LogP contribution in [0.4, 0.5) is 0 Å². The summed E-state index contributed by atoms with van der Waals surface area (Å²) in [6, 6.07) is 15.4. The van der Waals surface area contributed by atoms with Crippen LogP contribution in [0.15, 0.2) is 65.5 Å². The molecule has 0 spiro atoms. The van der Waals surface area contributed by atoms with Gasteiger partial charge in [0.2, 0.25) is 0 Å². The molecular weight excluding hydrogens is 264 g/mol. The van der Waals surface area contributed by atoms with Crippen molar-refractivity contribution in [1.82, 2.24) is 10.2 Å². The van der Waals surface area contributed by atoms with Gasteiger partial charge < -0.3 is 9.52 Å². The molecule has 0 amide bonds. The summed E-state index contributed by atoms with van der Waals surface area (Å²) in [6.07, 6.45) is 3.26. The molecule has 0 unspecified atom stereocenters. The third kappa shape index (κ3) is 1.89. The van der Waals surface area contributed by atoms with Crippen molar-refractivity contribution in [2.75, 3.05) is 0 Å². The van der Waals surface area contributed by atoms with Gasteiger partial charge in [-0.15, -0.1) is 0 Å². The number of fused-ring (bicyclic) bond motifs is 1. The third-order valence-electron chi connectivity index (χ3n) is 3.59. The number of benzene rings is 2. The predicted octanol–water partition coefficient (Wildman–Crippen LogP) is 4.20. The van der Waals surface area contributed by atoms with Crippen LogP contribution in [0.3, 0.4) is 0 Å². The van der Waals surface area contributed by atoms with Crippen LogP contribution < -0.4 is 0 Å². The quantitative estimate of drug-likeness (QED) is 0.577. The minimum absolute atomic E-state index is 0.248. The van der Waals surface area contributed by atoms with Gasteiger partial charge in [0.1, 0.15) is 5.75 Å². The zero-order valence-corrected chi connectivity index (χ0v) is 11.1. The molecule has 102 valence electrons. The third-order valence-corrected chi connectivity index (χ3v) is 3.59. The summed E-state index contributed by atoms with van der Waals surface area (Å²) in [6.45, 7) is 0. The maximum atomic E-state index is 10.5. The fourth-order valence-electron chi connectivity index (χ4n) is 2.49. The van der Waals surface area contributed by atoms with Gasteiger partial charge in [-0.2, -0.15) is 5.10 Å². The van der Waals surface area contributed by atoms with Gasteiger partial charge in [0.15, 0.2) is 0 Å². The van der Waals surface area contributed by atoms with Crippen molar-refractivity contribution >= 4 is 10.8 Å². The Hall–Kier alpha value is -3.01. The summed E-state index contributed by atoms with van der Waals surface area (Å²) in [4.78, 5) is 0. The van der Waals surface area contributed by atoms with E-state index in [1.807, 2.05) is 48.5 Å². The van der Waals surface area contributed by atoms with E-state index in [9.17, 15) is 5.11 Å². The van der Waals surface area contributed by atoms with E-state index in [4.69, 9.17) is 4.42 Å². The summed E-state index contributed by atoms with van der Waals surface area (Å²) in [5.41, 5.74) is 3.19. The van der Waals surface area contributed by atoms with Crippen molar-refractivity contribution in [3.63, 3.8) is 0 Å². The summed E-state index contributed by atoms with van der Waals surface area (Å²) in [5.74, 6) is 0.248. The van der Waals surface area contributed by atoms with E-state index < -0.39 is 0 Å². The number of nitrogens with zero attached hydrogens (tertiary/aromatic N) is 1. The number of phenols is 1. The van der Waals surface area contributed by atoms with Crippen LogP contribution in [-0.2, 0) is 0 Å². The van der Waals surface area contributed by atoms with Gasteiger partial charge in [0.05, 0.1) is 23.9 Å². The second kappa shape index (κ2) is 4.52. The lowest BCUT2D eigenvalue weighted by atomic mass is 10.0. The second-order valence-electron chi connectivity index (χ2n) is 4.86. The number of phenolic OH excluding ortho intramolecular Hbond substituents is 1. The van der Waals surface area contributed by atoms with E-state index in [0.29, 0.717) is 11.3 Å². The van der Waals surface area contributed by atoms with E-state index in [2.05, 4.69) is 10.2 Å². The van der Waals surface area contributed by atoms with Crippen molar-refractivity contribution < 1.29 is 9.52 Å². The van der Waals surface area contributed by atoms with Crippen LogP contribution >= 0.6 is 0 Å². The number of aromatic hydroxyl groups is 1. The summed E-state index contributed by atoms with van der Waals surface area (Å²) in [7, 11) is 0. The molecule has 2 aromatic heterocycles. The van der Waals surface area contributed by atoms with Crippen molar-refractivity contribution in [2.24, 2.45) is 0 Å². The lowest BCUT2D eigenvalue weighted by Crippen LogP contribution is -1.81. The van der Waals surface area contributed by atoms with E-state index in [1.54, 1.807) is 12.5 Å². The highest BCUT2D eigenvalue weighted by Crippen LogP contribution is 2.36. The smallest absolute Gasteiger partial charge is 0.132 e. The number of aromatic amines is 1. The minimum Gasteiger partial charge on any atom is -0.507 e. The fraction of sp³-hybridized carbons (Fsp3) is 0. The summed E-state index contributed by atoms with van der Waals surface area (Å²) in [5, 5.41) is 19.5. The van der Waals surface area contributed by atoms with E-state index in [1.165, 1.54) is 0 Å². The lowest BCUT2D eigenvalue weighted by molar-refractivity contribution is 0.483. The van der Waals surface area contributed by atoms with Gasteiger partial charge >= 0.3 is 0 Å². The van der Waals surface area contributed by atoms with Gasteiger partial charge in [-0.3, -0.25) is 5.10 Å². The molecule has 0 saturated carbocycles. The molecule has 2 aromatic carbocycles. The number of nitrogens with one attached hydrogen (secondary N) is 1. The van der Waals surface area contributed by atoms with E-state index >= 15 is 0 Å². The first kappa shape index (κ1) is 11.8. The molecule has 4 nitrogen and oxygen atoms in total. The van der Waals surface area contributed by atoms with Crippen LogP contribution in [0.1, 0.15) is 0 Å². The average Bonchev–Trinajstić information content (AvgIpc) is 3.19. The first-order valence-electron chi connectivity index (χ1n) is 6.62. The largest absolute Gasteiger partial charge is 0.507 e. The number of hydrogen-bond donors (Lipinski definition) is 2. The van der Waals surface area contributed by atoms with Crippen LogP contribution in [0.5, 0.6) is 5.75 Å². The number of hydrogen-bond acceptors (Lipinski definition) is 3. The molecule has 0 radical (unpaired) electrons. The molecule has 0 aliphatic rings. The topological polar surface area (TPSA) is 62.1 Å². The highest BCUT2D eigenvalue weighted by Gasteiger charge is 2.12. The SMILES string of the molecule is Oc1c(-c2cc(-c3ccoc3)[nH]n2)ccc2ccccc12. The van der Waals surface area contributed by atoms with Crippen LogP contribution in [-0.4, -0.2) is 15.3 Å². The first-order chi connectivity index (χ1) is 10.3. The Bertz CT molecular complexity index is 908. The molecule has 4 heteroatoms. The Labute approximate surface area is 120 Å². The van der Waals surface area contributed by atoms with E-state index in [0.717, 1.165) is 22.0 Å². The molecule has 0 fully saturated rings. The van der Waals surface area contributed by atoms with Gasteiger partial charge in [0, 0.05) is 16.5 Å². The molecule has 0 aliphatic carbocycles. The van der Waals surface area contributed by atoms with Crippen molar-refractivity contribution in [3.05, 3.63) is 61.1 Å². The minimum atomic E-state index is 0.248. The molecule has 2 N–H and O–H groups in total. The number of H-pyrrole nitrogens is 1. The average molecular weight is 276 g/mol. The maximum Gasteiger partial charge on any atom is 0.132 e. The predicted molar refractivity (Wildman–Crippen MR) is 80.9 cm³/mol. The molecular formula is C17H12N2O2. The summed E-state index contributed by atoms with van der Waals surface area (Å²) >= 11 is 0. The standard InChI is InChI=1S/C17H12N2O2/c20-17-13-4-2-1-3-11(13)5-6-14(17)16-9-15(18-19-16)12-7-8-21-10-12/h1-10,20H,(H,18,19). The Kier molecular flexibility index (Phi) is 2.54. The van der Waals surface area contributed by atoms with E-state index in [-0.39, 0.29) is 5.75 Å². The molecule has 21 heavy (non-hydrogen) atoms. The molecule has 0 bridgehead atoms. The number of rotatable bonds is 2. The van der Waals surface area contributed by atoms with Gasteiger partial charge in [-0.1, -0.05) is 30.3 Å². The maximum absolute atomic E-state index is 10.5. The highest BCUT2D eigenvalue weighted by molar-refractivity contribution is 5.94. The monoisotopic (exact) mass is 276 g/mol. The fourth-order valence-corrected chi connectivity index (χ4v) is 2.49. The molecule has 4 aromatic rings. The Morgan fingerprint density at radius 2 is 1.95 bits per heavy atom. The van der Waals surface area contributed by atoms with Crippen LogP contribution in [0.2, 0.25) is 0 Å². The van der Waals surface area contributed by atoms with Gasteiger partial charge in [-0.05, 0) is 23.6 Å². The summed E-state index contributed by atoms with van der Waals surface area (Å²) < 4.78 is 5.07. The Balaban J connectivity index is 1.85. The Morgan fingerprint density at radius 3 is 2.81 bits per heavy atom. The highest BCUT2D eigenvalue weighted by atomic mass is 16.3. The lowest BCUT2D eigenvalue weighted by Gasteiger charge is -2.05. The van der Waals surface area contributed by atoms with Crippen molar-refractivity contribution in [2.45, 2.75) is 0 Å². The normalized spacial score (nSPS) is 11.0. The van der Waals surface area contributed by atoms with Gasteiger partial charge in [-0.25, -0.2) is 0 Å².